The summed E-state index contributed by atoms with van der Waals surface area (Å²) in [7, 11) is 0. The molecule has 0 aliphatic carbocycles. The molecule has 0 atom stereocenters. The zero-order chi connectivity index (χ0) is 16.3. The third-order valence-corrected chi connectivity index (χ3v) is 3.59. The van der Waals surface area contributed by atoms with Crippen molar-refractivity contribution in [2.45, 2.75) is 39.3 Å². The molecule has 2 aromatic rings. The fraction of sp³-hybridized carbons (Fsp3) is 0.368. The number of nitrogens with zero attached hydrogens (tertiary/aromatic N) is 1. The van der Waals surface area contributed by atoms with Gasteiger partial charge in [-0.25, -0.2) is 0 Å². The second-order valence-electron chi connectivity index (χ2n) is 5.45. The van der Waals surface area contributed by atoms with Gasteiger partial charge in [0.2, 0.25) is 5.91 Å². The van der Waals surface area contributed by atoms with Crippen LogP contribution in [0.5, 0.6) is 0 Å². The first kappa shape index (κ1) is 17.2. The summed E-state index contributed by atoms with van der Waals surface area (Å²) in [6, 6.07) is 11.9. The lowest BCUT2D eigenvalue weighted by Gasteiger charge is -2.11. The molecule has 0 aliphatic rings. The molecule has 0 saturated carbocycles. The lowest BCUT2D eigenvalue weighted by molar-refractivity contribution is -0.121. The summed E-state index contributed by atoms with van der Waals surface area (Å²) in [5.41, 5.74) is 3.37. The van der Waals surface area contributed by atoms with E-state index in [-0.39, 0.29) is 5.91 Å². The second kappa shape index (κ2) is 9.74. The average molecular weight is 312 g/mol. The highest BCUT2D eigenvalue weighted by Crippen LogP contribution is 2.10. The van der Waals surface area contributed by atoms with Gasteiger partial charge in [0.1, 0.15) is 0 Å². The molecule has 122 valence electrons. The van der Waals surface area contributed by atoms with Crippen LogP contribution in [-0.4, -0.2) is 17.5 Å². The van der Waals surface area contributed by atoms with Crippen molar-refractivity contribution in [2.75, 3.05) is 6.61 Å². The Kier molecular flexibility index (Phi) is 7.27. The van der Waals surface area contributed by atoms with Gasteiger partial charge in [0.25, 0.3) is 0 Å². The number of pyridine rings is 1. The number of amides is 1. The van der Waals surface area contributed by atoms with Crippen molar-refractivity contribution in [2.24, 2.45) is 0 Å². The zero-order valence-electron chi connectivity index (χ0n) is 13.6. The lowest BCUT2D eigenvalue weighted by Crippen LogP contribution is -2.23. The zero-order valence-corrected chi connectivity index (χ0v) is 13.6. The Labute approximate surface area is 137 Å². The van der Waals surface area contributed by atoms with Crippen molar-refractivity contribution in [1.82, 2.24) is 10.3 Å². The van der Waals surface area contributed by atoms with E-state index in [1.165, 1.54) is 0 Å². The van der Waals surface area contributed by atoms with Crippen molar-refractivity contribution in [3.63, 3.8) is 0 Å². The van der Waals surface area contributed by atoms with Crippen molar-refractivity contribution in [3.8, 4) is 0 Å². The molecule has 0 bridgehead atoms. The number of hydrogen-bond donors (Lipinski definition) is 1. The van der Waals surface area contributed by atoms with E-state index in [1.54, 1.807) is 12.4 Å². The highest BCUT2D eigenvalue weighted by Gasteiger charge is 2.05. The first-order chi connectivity index (χ1) is 11.3. The van der Waals surface area contributed by atoms with Crippen LogP contribution in [0.1, 0.15) is 36.5 Å². The molecule has 1 heterocycles. The predicted molar refractivity (Wildman–Crippen MR) is 90.8 cm³/mol. The Hall–Kier alpha value is -2.20. The maximum atomic E-state index is 12.0. The van der Waals surface area contributed by atoms with Crippen LogP contribution in [0.2, 0.25) is 0 Å². The number of carbonyl (C=O) groups is 1. The summed E-state index contributed by atoms with van der Waals surface area (Å²) >= 11 is 0. The fourth-order valence-electron chi connectivity index (χ4n) is 2.29. The second-order valence-corrected chi connectivity index (χ2v) is 5.45. The van der Waals surface area contributed by atoms with Gasteiger partial charge in [0, 0.05) is 32.0 Å². The standard InChI is InChI=1S/C19H24N2O2/c1-2-13-23-15-18-6-4-3-5-17(18)14-21-19(22)8-7-16-9-11-20-12-10-16/h3-6,9-12H,2,7-8,13-15H2,1H3,(H,21,22). The van der Waals surface area contributed by atoms with E-state index < -0.39 is 0 Å². The number of benzene rings is 1. The molecule has 1 amide bonds. The van der Waals surface area contributed by atoms with E-state index in [2.05, 4.69) is 17.2 Å². The van der Waals surface area contributed by atoms with E-state index in [4.69, 9.17) is 4.74 Å². The molecule has 0 unspecified atom stereocenters. The van der Waals surface area contributed by atoms with E-state index in [0.29, 0.717) is 19.6 Å². The van der Waals surface area contributed by atoms with Gasteiger partial charge in [-0.05, 0) is 41.7 Å². The summed E-state index contributed by atoms with van der Waals surface area (Å²) in [5.74, 6) is 0.0612. The van der Waals surface area contributed by atoms with E-state index in [9.17, 15) is 4.79 Å². The molecule has 4 heteroatoms. The maximum absolute atomic E-state index is 12.0. The van der Waals surface area contributed by atoms with Gasteiger partial charge in [-0.15, -0.1) is 0 Å². The molecule has 23 heavy (non-hydrogen) atoms. The first-order valence-electron chi connectivity index (χ1n) is 8.09. The fourth-order valence-corrected chi connectivity index (χ4v) is 2.29. The lowest BCUT2D eigenvalue weighted by atomic mass is 10.1. The number of nitrogens with one attached hydrogen (secondary N) is 1. The van der Waals surface area contributed by atoms with Crippen molar-refractivity contribution >= 4 is 5.91 Å². The Morgan fingerprint density at radius 2 is 1.87 bits per heavy atom. The molecule has 0 saturated heterocycles. The van der Waals surface area contributed by atoms with Crippen LogP contribution < -0.4 is 5.32 Å². The van der Waals surface area contributed by atoms with Crippen LogP contribution in [0.3, 0.4) is 0 Å². The molecule has 2 rings (SSSR count). The minimum absolute atomic E-state index is 0.0612. The van der Waals surface area contributed by atoms with Crippen LogP contribution in [0, 0.1) is 0 Å². The highest BCUT2D eigenvalue weighted by molar-refractivity contribution is 5.76. The number of aromatic nitrogens is 1. The predicted octanol–water partition coefficient (Wildman–Crippen LogP) is 3.26. The van der Waals surface area contributed by atoms with Crippen molar-refractivity contribution in [1.29, 1.82) is 0 Å². The molecule has 4 nitrogen and oxygen atoms in total. The van der Waals surface area contributed by atoms with Crippen LogP contribution in [0.4, 0.5) is 0 Å². The Morgan fingerprint density at radius 3 is 2.61 bits per heavy atom. The molecule has 1 N–H and O–H groups in total. The van der Waals surface area contributed by atoms with Gasteiger partial charge in [0.05, 0.1) is 6.61 Å². The molecule has 1 aromatic carbocycles. The van der Waals surface area contributed by atoms with E-state index >= 15 is 0 Å². The van der Waals surface area contributed by atoms with Gasteiger partial charge in [-0.2, -0.15) is 0 Å². The minimum atomic E-state index is 0.0612. The van der Waals surface area contributed by atoms with E-state index in [0.717, 1.165) is 36.1 Å². The molecule has 0 radical (unpaired) electrons. The normalized spacial score (nSPS) is 10.5. The number of ether oxygens (including phenoxy) is 1. The van der Waals surface area contributed by atoms with Crippen LogP contribution >= 0.6 is 0 Å². The Morgan fingerprint density at radius 1 is 1.13 bits per heavy atom. The van der Waals surface area contributed by atoms with Gasteiger partial charge >= 0.3 is 0 Å². The topological polar surface area (TPSA) is 51.2 Å². The summed E-state index contributed by atoms with van der Waals surface area (Å²) in [5, 5.41) is 2.99. The third kappa shape index (κ3) is 6.20. The van der Waals surface area contributed by atoms with E-state index in [1.807, 2.05) is 36.4 Å². The van der Waals surface area contributed by atoms with Gasteiger partial charge in [-0.3, -0.25) is 9.78 Å². The van der Waals surface area contributed by atoms with Crippen molar-refractivity contribution < 1.29 is 9.53 Å². The first-order valence-corrected chi connectivity index (χ1v) is 8.09. The van der Waals surface area contributed by atoms with Crippen LogP contribution in [-0.2, 0) is 29.1 Å². The average Bonchev–Trinajstić information content (AvgIpc) is 2.60. The minimum Gasteiger partial charge on any atom is -0.377 e. The monoisotopic (exact) mass is 312 g/mol. The molecule has 0 aliphatic heterocycles. The summed E-state index contributed by atoms with van der Waals surface area (Å²) < 4.78 is 5.60. The molecule has 0 fully saturated rings. The van der Waals surface area contributed by atoms with Gasteiger partial charge in [0.15, 0.2) is 0 Å². The highest BCUT2D eigenvalue weighted by atomic mass is 16.5. The molecule has 1 aromatic heterocycles. The van der Waals surface area contributed by atoms with Crippen LogP contribution in [0.25, 0.3) is 0 Å². The Bertz CT molecular complexity index is 599. The number of hydrogen-bond acceptors (Lipinski definition) is 3. The molecule has 0 spiro atoms. The SMILES string of the molecule is CCCOCc1ccccc1CNC(=O)CCc1ccncc1. The Balaban J connectivity index is 1.79. The van der Waals surface area contributed by atoms with Gasteiger partial charge in [-0.1, -0.05) is 31.2 Å². The smallest absolute Gasteiger partial charge is 0.220 e. The van der Waals surface area contributed by atoms with Gasteiger partial charge < -0.3 is 10.1 Å². The summed E-state index contributed by atoms with van der Waals surface area (Å²) in [4.78, 5) is 16.0. The molecular formula is C19H24N2O2. The summed E-state index contributed by atoms with van der Waals surface area (Å²) in [6.45, 7) is 3.99. The largest absolute Gasteiger partial charge is 0.377 e. The third-order valence-electron chi connectivity index (χ3n) is 3.59. The number of aryl methyl sites for hydroxylation is 1. The number of rotatable bonds is 9. The number of carbonyl (C=O) groups excluding carboxylic acids is 1. The quantitative estimate of drug-likeness (QED) is 0.723. The van der Waals surface area contributed by atoms with Crippen LogP contribution in [0.15, 0.2) is 48.8 Å². The summed E-state index contributed by atoms with van der Waals surface area (Å²) in [6.07, 6.45) is 5.72. The maximum Gasteiger partial charge on any atom is 0.220 e. The molecular weight excluding hydrogens is 288 g/mol. The van der Waals surface area contributed by atoms with Crippen molar-refractivity contribution in [3.05, 3.63) is 65.5 Å².